The van der Waals surface area contributed by atoms with Crippen LogP contribution in [-0.4, -0.2) is 29.7 Å². The Labute approximate surface area is 96.6 Å². The van der Waals surface area contributed by atoms with Crippen LogP contribution in [0.4, 0.5) is 0 Å². The number of carbonyl (C=O) groups excluding carboxylic acids is 1. The molecule has 0 unspecified atom stereocenters. The highest BCUT2D eigenvalue weighted by atomic mass is 16.3. The molecule has 16 heavy (non-hydrogen) atoms. The summed E-state index contributed by atoms with van der Waals surface area (Å²) in [5, 5.41) is 12.4. The van der Waals surface area contributed by atoms with E-state index in [9.17, 15) is 9.90 Å². The summed E-state index contributed by atoms with van der Waals surface area (Å²) in [5.41, 5.74) is 5.09. The van der Waals surface area contributed by atoms with Crippen molar-refractivity contribution in [1.29, 1.82) is 0 Å². The monoisotopic (exact) mass is 226 g/mol. The van der Waals surface area contributed by atoms with E-state index >= 15 is 0 Å². The fourth-order valence-corrected chi connectivity index (χ4v) is 2.88. The predicted octanol–water partition coefficient (Wildman–Crippen LogP) is 0.537. The van der Waals surface area contributed by atoms with Gasteiger partial charge in [-0.05, 0) is 32.1 Å². The highest BCUT2D eigenvalue weighted by molar-refractivity contribution is 5.84. The summed E-state index contributed by atoms with van der Waals surface area (Å²) in [6.45, 7) is 0.486. The summed E-state index contributed by atoms with van der Waals surface area (Å²) in [6, 6.07) is 0. The Balaban J connectivity index is 2.01. The molecule has 2 fully saturated rings. The molecule has 0 heterocycles. The summed E-state index contributed by atoms with van der Waals surface area (Å²) >= 11 is 0. The summed E-state index contributed by atoms with van der Waals surface area (Å²) in [7, 11) is 0. The lowest BCUT2D eigenvalue weighted by Crippen LogP contribution is -2.60. The number of carbonyl (C=O) groups is 1. The predicted molar refractivity (Wildman–Crippen MR) is 61.8 cm³/mol. The Hall–Kier alpha value is -0.610. The van der Waals surface area contributed by atoms with Crippen molar-refractivity contribution in [2.24, 2.45) is 11.1 Å². The molecule has 0 aromatic heterocycles. The molecule has 2 aliphatic carbocycles. The third-order valence-electron chi connectivity index (χ3n) is 4.43. The Morgan fingerprint density at radius 2 is 1.81 bits per heavy atom. The number of hydrogen-bond donors (Lipinski definition) is 3. The molecule has 2 rings (SSSR count). The van der Waals surface area contributed by atoms with Gasteiger partial charge in [-0.1, -0.05) is 12.8 Å². The van der Waals surface area contributed by atoms with Gasteiger partial charge in [-0.2, -0.15) is 0 Å². The summed E-state index contributed by atoms with van der Waals surface area (Å²) < 4.78 is 0. The van der Waals surface area contributed by atoms with Crippen LogP contribution in [0.2, 0.25) is 0 Å². The number of amides is 1. The average Bonchev–Trinajstić information content (AvgIpc) is 2.73. The van der Waals surface area contributed by atoms with Crippen LogP contribution >= 0.6 is 0 Å². The van der Waals surface area contributed by atoms with E-state index in [0.717, 1.165) is 44.9 Å². The second-order valence-electron chi connectivity index (χ2n) is 5.44. The largest absolute Gasteiger partial charge is 0.394 e. The zero-order chi connectivity index (χ0) is 11.6. The molecule has 2 saturated carbocycles. The normalized spacial score (nSPS) is 26.1. The summed E-state index contributed by atoms with van der Waals surface area (Å²) in [4.78, 5) is 12.3. The van der Waals surface area contributed by atoms with Crippen LogP contribution in [0.3, 0.4) is 0 Å². The number of rotatable bonds is 4. The molecule has 0 aromatic carbocycles. The van der Waals surface area contributed by atoms with Crippen LogP contribution in [-0.2, 0) is 4.79 Å². The van der Waals surface area contributed by atoms with Crippen LogP contribution in [0.15, 0.2) is 0 Å². The Kier molecular flexibility index (Phi) is 3.22. The third kappa shape index (κ3) is 1.84. The summed E-state index contributed by atoms with van der Waals surface area (Å²) in [6.07, 6.45) is 6.88. The van der Waals surface area contributed by atoms with Gasteiger partial charge in [-0.3, -0.25) is 4.79 Å². The first-order valence-electron chi connectivity index (χ1n) is 6.30. The Morgan fingerprint density at radius 1 is 1.19 bits per heavy atom. The van der Waals surface area contributed by atoms with Crippen LogP contribution in [0.1, 0.15) is 44.9 Å². The molecule has 2 aliphatic rings. The fourth-order valence-electron chi connectivity index (χ4n) is 2.88. The molecule has 0 radical (unpaired) electrons. The molecular weight excluding hydrogens is 204 g/mol. The molecular formula is C12H22N2O2. The zero-order valence-corrected chi connectivity index (χ0v) is 9.80. The van der Waals surface area contributed by atoms with E-state index < -0.39 is 0 Å². The van der Waals surface area contributed by atoms with Gasteiger partial charge in [-0.25, -0.2) is 0 Å². The van der Waals surface area contributed by atoms with Crippen molar-refractivity contribution in [2.75, 3.05) is 13.2 Å². The number of hydrogen-bond acceptors (Lipinski definition) is 3. The maximum absolute atomic E-state index is 12.3. The van der Waals surface area contributed by atoms with E-state index in [1.165, 1.54) is 0 Å². The van der Waals surface area contributed by atoms with E-state index in [1.54, 1.807) is 0 Å². The number of nitrogens with two attached hydrogens (primary N) is 1. The van der Waals surface area contributed by atoms with Gasteiger partial charge in [0.2, 0.25) is 5.91 Å². The van der Waals surface area contributed by atoms with Crippen molar-refractivity contribution in [3.63, 3.8) is 0 Å². The van der Waals surface area contributed by atoms with Gasteiger partial charge in [0.05, 0.1) is 17.6 Å². The van der Waals surface area contributed by atoms with Crippen molar-refractivity contribution >= 4 is 5.91 Å². The third-order valence-corrected chi connectivity index (χ3v) is 4.43. The van der Waals surface area contributed by atoms with Gasteiger partial charge < -0.3 is 16.2 Å². The van der Waals surface area contributed by atoms with Crippen molar-refractivity contribution in [3.8, 4) is 0 Å². The minimum Gasteiger partial charge on any atom is -0.394 e. The number of aliphatic hydroxyl groups excluding tert-OH is 1. The molecule has 1 amide bonds. The average molecular weight is 226 g/mol. The standard InChI is InChI=1S/C12H22N2O2/c13-8-11(4-1-2-5-11)10(16)14-12(9-15)6-3-7-12/h15H,1-9,13H2,(H,14,16). The van der Waals surface area contributed by atoms with Gasteiger partial charge >= 0.3 is 0 Å². The maximum Gasteiger partial charge on any atom is 0.228 e. The van der Waals surface area contributed by atoms with Crippen LogP contribution in [0.25, 0.3) is 0 Å². The van der Waals surface area contributed by atoms with E-state index in [1.807, 2.05) is 0 Å². The topological polar surface area (TPSA) is 75.4 Å². The Morgan fingerprint density at radius 3 is 2.19 bits per heavy atom. The van der Waals surface area contributed by atoms with Crippen LogP contribution in [0.5, 0.6) is 0 Å². The first kappa shape index (κ1) is 11.9. The van der Waals surface area contributed by atoms with Gasteiger partial charge in [0, 0.05) is 6.54 Å². The van der Waals surface area contributed by atoms with Crippen molar-refractivity contribution in [2.45, 2.75) is 50.5 Å². The van der Waals surface area contributed by atoms with Gasteiger partial charge in [-0.15, -0.1) is 0 Å². The highest BCUT2D eigenvalue weighted by Gasteiger charge is 2.45. The number of nitrogens with one attached hydrogen (secondary N) is 1. The first-order valence-corrected chi connectivity index (χ1v) is 6.30. The van der Waals surface area contributed by atoms with E-state index in [0.29, 0.717) is 6.54 Å². The highest BCUT2D eigenvalue weighted by Crippen LogP contribution is 2.39. The molecule has 0 spiro atoms. The Bertz CT molecular complexity index is 263. The minimum atomic E-state index is -0.349. The lowest BCUT2D eigenvalue weighted by atomic mass is 9.75. The SMILES string of the molecule is NCC1(C(=O)NC2(CO)CCC2)CCCC1. The summed E-state index contributed by atoms with van der Waals surface area (Å²) in [5.74, 6) is 0.0706. The molecule has 0 atom stereocenters. The molecule has 4 N–H and O–H groups in total. The quantitative estimate of drug-likeness (QED) is 0.655. The number of aliphatic hydroxyl groups is 1. The van der Waals surface area contributed by atoms with Crippen molar-refractivity contribution < 1.29 is 9.90 Å². The molecule has 4 heteroatoms. The van der Waals surface area contributed by atoms with Gasteiger partial charge in [0.15, 0.2) is 0 Å². The lowest BCUT2D eigenvalue weighted by molar-refractivity contribution is -0.134. The second-order valence-corrected chi connectivity index (χ2v) is 5.44. The van der Waals surface area contributed by atoms with E-state index in [4.69, 9.17) is 5.73 Å². The van der Waals surface area contributed by atoms with E-state index in [-0.39, 0.29) is 23.5 Å². The minimum absolute atomic E-state index is 0.0550. The van der Waals surface area contributed by atoms with Crippen molar-refractivity contribution in [3.05, 3.63) is 0 Å². The molecule has 0 saturated heterocycles. The maximum atomic E-state index is 12.3. The molecule has 0 aliphatic heterocycles. The molecule has 0 bridgehead atoms. The molecule has 92 valence electrons. The molecule has 0 aromatic rings. The fraction of sp³-hybridized carbons (Fsp3) is 0.917. The van der Waals surface area contributed by atoms with E-state index in [2.05, 4.69) is 5.32 Å². The smallest absolute Gasteiger partial charge is 0.228 e. The van der Waals surface area contributed by atoms with Gasteiger partial charge in [0.1, 0.15) is 0 Å². The first-order chi connectivity index (χ1) is 7.66. The van der Waals surface area contributed by atoms with Crippen LogP contribution < -0.4 is 11.1 Å². The van der Waals surface area contributed by atoms with Gasteiger partial charge in [0.25, 0.3) is 0 Å². The van der Waals surface area contributed by atoms with Crippen LogP contribution in [0, 0.1) is 5.41 Å². The molecule has 4 nitrogen and oxygen atoms in total. The second kappa shape index (κ2) is 4.34. The van der Waals surface area contributed by atoms with Crippen molar-refractivity contribution in [1.82, 2.24) is 5.32 Å². The zero-order valence-electron chi connectivity index (χ0n) is 9.80. The lowest BCUT2D eigenvalue weighted by Gasteiger charge is -2.43.